The summed E-state index contributed by atoms with van der Waals surface area (Å²) in [5.74, 6) is 0. The van der Waals surface area contributed by atoms with Crippen LogP contribution in [0.25, 0.3) is 0 Å². The van der Waals surface area contributed by atoms with Crippen LogP contribution in [0.1, 0.15) is 20.8 Å². The predicted octanol–water partition coefficient (Wildman–Crippen LogP) is 0.921. The van der Waals surface area contributed by atoms with Crippen molar-refractivity contribution >= 4 is 0 Å². The van der Waals surface area contributed by atoms with Gasteiger partial charge in [0, 0.05) is 12.6 Å². The molecule has 2 N–H and O–H groups in total. The number of hydrogen-bond donors (Lipinski definition) is 1. The molecule has 10 heavy (non-hydrogen) atoms. The van der Waals surface area contributed by atoms with Crippen LogP contribution in [-0.2, 0) is 0 Å². The first kappa shape index (κ1) is 9.92. The van der Waals surface area contributed by atoms with E-state index in [1.54, 1.807) is 0 Å². The second kappa shape index (κ2) is 3.35. The maximum absolute atomic E-state index is 5.79. The maximum Gasteiger partial charge on any atom is 0.00739 e. The van der Waals surface area contributed by atoms with Gasteiger partial charge in [0.2, 0.25) is 0 Å². The molecule has 0 rings (SSSR count). The molecule has 2 heteroatoms. The van der Waals surface area contributed by atoms with Crippen molar-refractivity contribution in [3.63, 3.8) is 0 Å². The van der Waals surface area contributed by atoms with Gasteiger partial charge in [-0.15, -0.1) is 0 Å². The molecule has 62 valence electrons. The van der Waals surface area contributed by atoms with E-state index >= 15 is 0 Å². The zero-order valence-corrected chi connectivity index (χ0v) is 7.81. The Kier molecular flexibility index (Phi) is 3.33. The van der Waals surface area contributed by atoms with E-state index in [9.17, 15) is 0 Å². The van der Waals surface area contributed by atoms with Crippen LogP contribution in [0.4, 0.5) is 0 Å². The Labute approximate surface area is 64.4 Å². The molecule has 2 nitrogen and oxygen atoms in total. The first-order valence-corrected chi connectivity index (χ1v) is 3.76. The van der Waals surface area contributed by atoms with E-state index in [0.29, 0.717) is 0 Å². The zero-order valence-electron chi connectivity index (χ0n) is 7.81. The van der Waals surface area contributed by atoms with E-state index in [1.165, 1.54) is 0 Å². The minimum absolute atomic E-state index is 0.226. The van der Waals surface area contributed by atoms with E-state index in [1.807, 2.05) is 0 Å². The van der Waals surface area contributed by atoms with Gasteiger partial charge in [0.05, 0.1) is 0 Å². The van der Waals surface area contributed by atoms with Crippen molar-refractivity contribution in [2.75, 3.05) is 20.6 Å². The third-order valence-corrected chi connectivity index (χ3v) is 1.96. The third-order valence-electron chi connectivity index (χ3n) is 1.96. The number of nitrogens with two attached hydrogens (primary N) is 1. The number of nitrogens with zero attached hydrogens (tertiary/aromatic N) is 1. The molecule has 0 radical (unpaired) electrons. The van der Waals surface area contributed by atoms with Gasteiger partial charge >= 0.3 is 0 Å². The van der Waals surface area contributed by atoms with E-state index in [0.717, 1.165) is 6.54 Å². The highest BCUT2D eigenvalue weighted by molar-refractivity contribution is 4.79. The van der Waals surface area contributed by atoms with Crippen LogP contribution in [0.3, 0.4) is 0 Å². The Bertz CT molecular complexity index is 95.4. The summed E-state index contributed by atoms with van der Waals surface area (Å²) in [5, 5.41) is 0. The first-order chi connectivity index (χ1) is 4.36. The summed E-state index contributed by atoms with van der Waals surface area (Å²) in [6, 6.07) is 0.259. The highest BCUT2D eigenvalue weighted by atomic mass is 15.1. The molecular formula is C8H20N2. The molecule has 0 aliphatic heterocycles. The van der Waals surface area contributed by atoms with Crippen LogP contribution in [-0.4, -0.2) is 31.6 Å². The van der Waals surface area contributed by atoms with Crippen molar-refractivity contribution in [3.05, 3.63) is 0 Å². The molecule has 0 fully saturated rings. The summed E-state index contributed by atoms with van der Waals surface area (Å²) in [5.41, 5.74) is 6.02. The van der Waals surface area contributed by atoms with Gasteiger partial charge < -0.3 is 10.6 Å². The van der Waals surface area contributed by atoms with Gasteiger partial charge in [0.1, 0.15) is 0 Å². The molecule has 0 bridgehead atoms. The highest BCUT2D eigenvalue weighted by Crippen LogP contribution is 2.18. The Hall–Kier alpha value is -0.0800. The molecule has 0 aromatic rings. The summed E-state index contributed by atoms with van der Waals surface area (Å²) in [4.78, 5) is 2.17. The minimum Gasteiger partial charge on any atom is -0.327 e. The molecule has 0 aromatic carbocycles. The molecule has 0 aliphatic carbocycles. The SMILES string of the molecule is CC(N)C(C)(C)CN(C)C. The predicted molar refractivity (Wildman–Crippen MR) is 46.0 cm³/mol. The Morgan fingerprint density at radius 3 is 1.90 bits per heavy atom. The van der Waals surface area contributed by atoms with Crippen molar-refractivity contribution in [2.24, 2.45) is 11.1 Å². The zero-order chi connectivity index (χ0) is 8.36. The molecule has 1 atom stereocenters. The van der Waals surface area contributed by atoms with Crippen LogP contribution in [0, 0.1) is 5.41 Å². The lowest BCUT2D eigenvalue weighted by atomic mass is 9.86. The molecule has 1 unspecified atom stereocenters. The fourth-order valence-corrected chi connectivity index (χ4v) is 0.959. The largest absolute Gasteiger partial charge is 0.327 e. The van der Waals surface area contributed by atoms with Crippen molar-refractivity contribution in [1.82, 2.24) is 4.90 Å². The normalized spacial score (nSPS) is 15.9. The van der Waals surface area contributed by atoms with Gasteiger partial charge in [-0.2, -0.15) is 0 Å². The molecule has 0 heterocycles. The lowest BCUT2D eigenvalue weighted by molar-refractivity contribution is 0.208. The monoisotopic (exact) mass is 144 g/mol. The maximum atomic E-state index is 5.79. The average Bonchev–Trinajstić information content (AvgIpc) is 1.60. The lowest BCUT2D eigenvalue weighted by Crippen LogP contribution is -2.41. The molecule has 0 saturated heterocycles. The topological polar surface area (TPSA) is 29.3 Å². The highest BCUT2D eigenvalue weighted by Gasteiger charge is 2.22. The van der Waals surface area contributed by atoms with Crippen molar-refractivity contribution in [1.29, 1.82) is 0 Å². The summed E-state index contributed by atoms with van der Waals surface area (Å²) in [6.07, 6.45) is 0. The summed E-state index contributed by atoms with van der Waals surface area (Å²) < 4.78 is 0. The summed E-state index contributed by atoms with van der Waals surface area (Å²) in [6.45, 7) is 7.49. The molecular weight excluding hydrogens is 124 g/mol. The second-order valence-electron chi connectivity index (χ2n) is 4.02. The Morgan fingerprint density at radius 1 is 1.40 bits per heavy atom. The molecule has 0 amide bonds. The van der Waals surface area contributed by atoms with Gasteiger partial charge in [-0.05, 0) is 26.4 Å². The standard InChI is InChI=1S/C8H20N2/c1-7(9)8(2,3)6-10(4)5/h7H,6,9H2,1-5H3. The molecule has 0 spiro atoms. The summed E-state index contributed by atoms with van der Waals surface area (Å²) in [7, 11) is 4.15. The van der Waals surface area contributed by atoms with Crippen LogP contribution >= 0.6 is 0 Å². The lowest BCUT2D eigenvalue weighted by Gasteiger charge is -2.31. The van der Waals surface area contributed by atoms with Gasteiger partial charge in [0.25, 0.3) is 0 Å². The molecule has 0 saturated carbocycles. The number of rotatable bonds is 3. The van der Waals surface area contributed by atoms with E-state index in [2.05, 4.69) is 39.8 Å². The van der Waals surface area contributed by atoms with Gasteiger partial charge in [-0.25, -0.2) is 0 Å². The van der Waals surface area contributed by atoms with E-state index < -0.39 is 0 Å². The molecule has 0 aliphatic rings. The Balaban J connectivity index is 3.87. The van der Waals surface area contributed by atoms with Gasteiger partial charge in [-0.1, -0.05) is 13.8 Å². The first-order valence-electron chi connectivity index (χ1n) is 3.76. The quantitative estimate of drug-likeness (QED) is 0.638. The van der Waals surface area contributed by atoms with Crippen LogP contribution in [0.5, 0.6) is 0 Å². The molecule has 0 aromatic heterocycles. The van der Waals surface area contributed by atoms with Gasteiger partial charge in [0.15, 0.2) is 0 Å². The number of hydrogen-bond acceptors (Lipinski definition) is 2. The van der Waals surface area contributed by atoms with Crippen LogP contribution < -0.4 is 5.73 Å². The van der Waals surface area contributed by atoms with Crippen molar-refractivity contribution < 1.29 is 0 Å². The van der Waals surface area contributed by atoms with Crippen LogP contribution in [0.2, 0.25) is 0 Å². The van der Waals surface area contributed by atoms with E-state index in [-0.39, 0.29) is 11.5 Å². The Morgan fingerprint density at radius 2 is 1.80 bits per heavy atom. The fraction of sp³-hybridized carbons (Fsp3) is 1.00. The van der Waals surface area contributed by atoms with Crippen molar-refractivity contribution in [3.8, 4) is 0 Å². The third kappa shape index (κ3) is 3.18. The minimum atomic E-state index is 0.226. The fourth-order valence-electron chi connectivity index (χ4n) is 0.959. The smallest absolute Gasteiger partial charge is 0.00739 e. The van der Waals surface area contributed by atoms with Crippen molar-refractivity contribution in [2.45, 2.75) is 26.8 Å². The van der Waals surface area contributed by atoms with Crippen LogP contribution in [0.15, 0.2) is 0 Å². The van der Waals surface area contributed by atoms with E-state index in [4.69, 9.17) is 5.73 Å². The van der Waals surface area contributed by atoms with Gasteiger partial charge in [-0.3, -0.25) is 0 Å². The second-order valence-corrected chi connectivity index (χ2v) is 4.02. The average molecular weight is 144 g/mol. The summed E-state index contributed by atoms with van der Waals surface area (Å²) >= 11 is 0.